The summed E-state index contributed by atoms with van der Waals surface area (Å²) in [5, 5.41) is -1.85. The maximum atomic E-state index is 13.8. The van der Waals surface area contributed by atoms with E-state index < -0.39 is 12.3 Å². The molecule has 2 aromatic carbocycles. The van der Waals surface area contributed by atoms with Crippen molar-refractivity contribution in [3.63, 3.8) is 0 Å². The van der Waals surface area contributed by atoms with Crippen molar-refractivity contribution in [3.05, 3.63) is 84.4 Å². The van der Waals surface area contributed by atoms with Crippen LogP contribution in [0.25, 0.3) is 0 Å². The number of hydrogen-bond acceptors (Lipinski definition) is 0. The largest absolute Gasteiger partial charge is 1.00 e. The van der Waals surface area contributed by atoms with Crippen LogP contribution in [0, 0.1) is 0 Å². The Labute approximate surface area is 178 Å². The van der Waals surface area contributed by atoms with Crippen LogP contribution in [0.3, 0.4) is 0 Å². The van der Waals surface area contributed by atoms with Crippen LogP contribution >= 0.6 is 0 Å². The van der Waals surface area contributed by atoms with Gasteiger partial charge in [0.2, 0.25) is 0 Å². The molecule has 0 spiro atoms. The maximum Gasteiger partial charge on any atom is 1.00 e. The molecule has 2 aromatic rings. The molecule has 0 aliphatic rings. The van der Waals surface area contributed by atoms with Gasteiger partial charge in [0.25, 0.3) is 0 Å². The van der Waals surface area contributed by atoms with Crippen LogP contribution in [0.5, 0.6) is 0 Å². The summed E-state index contributed by atoms with van der Waals surface area (Å²) in [4.78, 5) is 0. The van der Waals surface area contributed by atoms with Gasteiger partial charge >= 0.3 is 58.4 Å². The number of hydrogen-bond donors (Lipinski definition) is 0. The summed E-state index contributed by atoms with van der Waals surface area (Å²) < 4.78 is 41.5. The third-order valence-corrected chi connectivity index (χ3v) is 4.31. The van der Waals surface area contributed by atoms with E-state index in [0.717, 1.165) is 5.56 Å². The molecular formula is C18H19BF3K. The second-order valence-corrected chi connectivity index (χ2v) is 5.82. The summed E-state index contributed by atoms with van der Waals surface area (Å²) in [6.45, 7) is -0.0108. The molecule has 0 aliphatic heterocycles. The van der Waals surface area contributed by atoms with Gasteiger partial charge in [-0.1, -0.05) is 85.6 Å². The quantitative estimate of drug-likeness (QED) is 0.559. The molecule has 0 heterocycles. The molecular weight excluding hydrogens is 323 g/mol. The Morgan fingerprint density at radius 2 is 1.48 bits per heavy atom. The Bertz CT molecular complexity index is 613. The van der Waals surface area contributed by atoms with E-state index in [9.17, 15) is 12.9 Å². The third-order valence-electron chi connectivity index (χ3n) is 4.31. The van der Waals surface area contributed by atoms with E-state index in [2.05, 4.69) is 6.58 Å². The fourth-order valence-electron chi connectivity index (χ4n) is 2.75. The van der Waals surface area contributed by atoms with E-state index in [1.54, 1.807) is 36.4 Å². The standard InChI is InChI=1S/C18H19BF3.K/c1-3-15(16-10-6-4-7-11-16)14-18(2,19(20,21)22)17-12-8-5-9-13-17;/h3-13,15H,1,14H2,2H3;/q-1;+1/t15-,18-;/m1./s1. The average Bonchev–Trinajstić information content (AvgIpc) is 2.53. The van der Waals surface area contributed by atoms with Gasteiger partial charge in [0.1, 0.15) is 0 Å². The van der Waals surface area contributed by atoms with Crippen molar-refractivity contribution < 1.29 is 64.3 Å². The van der Waals surface area contributed by atoms with Crippen molar-refractivity contribution in [3.8, 4) is 0 Å². The van der Waals surface area contributed by atoms with Crippen LogP contribution in [0.15, 0.2) is 73.3 Å². The molecule has 0 unspecified atom stereocenters. The minimum Gasteiger partial charge on any atom is -0.448 e. The van der Waals surface area contributed by atoms with Gasteiger partial charge in [0.15, 0.2) is 0 Å². The minimum atomic E-state index is -5.04. The van der Waals surface area contributed by atoms with Gasteiger partial charge < -0.3 is 12.9 Å². The summed E-state index contributed by atoms with van der Waals surface area (Å²) in [6, 6.07) is 17.4. The van der Waals surface area contributed by atoms with Crippen LogP contribution in [0.1, 0.15) is 30.4 Å². The first-order valence-electron chi connectivity index (χ1n) is 7.31. The van der Waals surface area contributed by atoms with E-state index in [1.165, 1.54) is 6.92 Å². The fraction of sp³-hybridized carbons (Fsp3) is 0.222. The van der Waals surface area contributed by atoms with Gasteiger partial charge in [0, 0.05) is 0 Å². The van der Waals surface area contributed by atoms with E-state index >= 15 is 0 Å². The summed E-state index contributed by atoms with van der Waals surface area (Å²) in [5.41, 5.74) is 1.17. The van der Waals surface area contributed by atoms with Gasteiger partial charge in [-0.2, -0.15) is 0 Å². The first kappa shape index (κ1) is 20.7. The smallest absolute Gasteiger partial charge is 0.448 e. The second kappa shape index (κ2) is 8.68. The average molecular weight is 342 g/mol. The zero-order chi connectivity index (χ0) is 16.2. The monoisotopic (exact) mass is 342 g/mol. The number of rotatable bonds is 6. The summed E-state index contributed by atoms with van der Waals surface area (Å²) in [6.07, 6.45) is 1.58. The molecule has 0 bridgehead atoms. The Balaban J connectivity index is 0.00000264. The Morgan fingerprint density at radius 3 is 1.91 bits per heavy atom. The summed E-state index contributed by atoms with van der Waals surface area (Å²) in [5.74, 6) is -0.338. The molecule has 0 N–H and O–H groups in total. The van der Waals surface area contributed by atoms with Crippen molar-refractivity contribution in [2.45, 2.75) is 24.6 Å². The van der Waals surface area contributed by atoms with Crippen LogP contribution in [0.4, 0.5) is 12.9 Å². The molecule has 0 saturated heterocycles. The Hall–Kier alpha value is -0.329. The molecule has 5 heteroatoms. The fourth-order valence-corrected chi connectivity index (χ4v) is 2.75. The van der Waals surface area contributed by atoms with Gasteiger partial charge in [-0.3, -0.25) is 0 Å². The Morgan fingerprint density at radius 1 is 1.00 bits per heavy atom. The molecule has 0 amide bonds. The molecule has 2 rings (SSSR count). The van der Waals surface area contributed by atoms with Crippen LogP contribution in [-0.4, -0.2) is 6.98 Å². The molecule has 0 nitrogen and oxygen atoms in total. The van der Waals surface area contributed by atoms with Crippen LogP contribution < -0.4 is 51.4 Å². The van der Waals surface area contributed by atoms with Crippen molar-refractivity contribution in [2.24, 2.45) is 0 Å². The second-order valence-electron chi connectivity index (χ2n) is 5.82. The van der Waals surface area contributed by atoms with Crippen molar-refractivity contribution in [1.82, 2.24) is 0 Å². The summed E-state index contributed by atoms with van der Waals surface area (Å²) in [7, 11) is 0. The van der Waals surface area contributed by atoms with Crippen molar-refractivity contribution >= 4 is 6.98 Å². The number of halogens is 3. The number of benzene rings is 2. The zero-order valence-corrected chi connectivity index (χ0v) is 16.7. The predicted octanol–water partition coefficient (Wildman–Crippen LogP) is 2.69. The molecule has 0 saturated carbocycles. The van der Waals surface area contributed by atoms with Crippen molar-refractivity contribution in [1.29, 1.82) is 0 Å². The maximum absolute atomic E-state index is 13.8. The van der Waals surface area contributed by atoms with E-state index in [4.69, 9.17) is 0 Å². The van der Waals surface area contributed by atoms with E-state index in [1.807, 2.05) is 30.3 Å². The van der Waals surface area contributed by atoms with Crippen molar-refractivity contribution in [2.75, 3.05) is 0 Å². The summed E-state index contributed by atoms with van der Waals surface area (Å²) >= 11 is 0. The minimum absolute atomic E-state index is 0. The molecule has 23 heavy (non-hydrogen) atoms. The zero-order valence-electron chi connectivity index (χ0n) is 13.6. The topological polar surface area (TPSA) is 0 Å². The van der Waals surface area contributed by atoms with Gasteiger partial charge in [-0.15, -0.1) is 6.58 Å². The Kier molecular flexibility index (Phi) is 7.81. The molecule has 0 aliphatic carbocycles. The van der Waals surface area contributed by atoms with Gasteiger partial charge in [-0.25, -0.2) is 0 Å². The number of allylic oxidation sites excluding steroid dienone is 1. The first-order valence-corrected chi connectivity index (χ1v) is 7.31. The van der Waals surface area contributed by atoms with Crippen LogP contribution in [-0.2, 0) is 5.31 Å². The van der Waals surface area contributed by atoms with E-state index in [0.29, 0.717) is 5.56 Å². The molecule has 0 aromatic heterocycles. The molecule has 0 radical (unpaired) electrons. The molecule has 2 atom stereocenters. The van der Waals surface area contributed by atoms with Crippen LogP contribution in [0.2, 0.25) is 0 Å². The predicted molar refractivity (Wildman–Crippen MR) is 86.9 cm³/mol. The van der Waals surface area contributed by atoms with Gasteiger partial charge in [0.05, 0.1) is 0 Å². The first-order chi connectivity index (χ1) is 10.4. The molecule has 116 valence electrons. The molecule has 0 fully saturated rings. The normalized spacial score (nSPS) is 15.1. The SMILES string of the molecule is C=C[C@H](C[C@](C)(c1ccccc1)[B-](F)(F)F)c1ccccc1.[K+]. The van der Waals surface area contributed by atoms with E-state index in [-0.39, 0.29) is 63.7 Å². The third kappa shape index (κ3) is 4.83. The van der Waals surface area contributed by atoms with Gasteiger partial charge in [-0.05, 0) is 16.8 Å².